The normalized spacial score (nSPS) is 18.9. The number of ether oxygens (including phenoxy) is 3. The van der Waals surface area contributed by atoms with E-state index in [2.05, 4.69) is 10.6 Å². The Morgan fingerprint density at radius 1 is 1.26 bits per heavy atom. The highest BCUT2D eigenvalue weighted by molar-refractivity contribution is 6.35. The second-order valence-corrected chi connectivity index (χ2v) is 10.4. The molecule has 8 nitrogen and oxygen atoms in total. The molecular formula is C25H34ClN3O5. The lowest BCUT2D eigenvalue weighted by molar-refractivity contribution is -0.150. The van der Waals surface area contributed by atoms with Crippen molar-refractivity contribution < 1.29 is 23.8 Å². The van der Waals surface area contributed by atoms with Crippen LogP contribution in [-0.2, 0) is 32.1 Å². The number of carbonyl (C=O) groups excluding carboxylic acids is 2. The number of fused-ring (bicyclic) bond motifs is 1. The molecular weight excluding hydrogens is 458 g/mol. The smallest absolute Gasteiger partial charge is 0.410 e. The average molecular weight is 492 g/mol. The zero-order valence-corrected chi connectivity index (χ0v) is 21.1. The molecule has 9 heteroatoms. The number of hydrogen-bond acceptors (Lipinski definition) is 5. The molecule has 34 heavy (non-hydrogen) atoms. The summed E-state index contributed by atoms with van der Waals surface area (Å²) >= 11 is 6.42. The highest BCUT2D eigenvalue weighted by Gasteiger charge is 2.39. The van der Waals surface area contributed by atoms with Crippen LogP contribution in [0.15, 0.2) is 24.4 Å². The molecule has 1 saturated carbocycles. The van der Waals surface area contributed by atoms with E-state index in [-0.39, 0.29) is 18.5 Å². The van der Waals surface area contributed by atoms with Crippen LogP contribution in [-0.4, -0.2) is 77.5 Å². The van der Waals surface area contributed by atoms with Gasteiger partial charge in [0.05, 0.1) is 24.8 Å². The molecule has 0 radical (unpaired) electrons. The second kappa shape index (κ2) is 10.1. The van der Waals surface area contributed by atoms with Gasteiger partial charge >= 0.3 is 6.09 Å². The Labute approximate surface area is 205 Å². The Balaban J connectivity index is 1.48. The predicted octanol–water partition coefficient (Wildman–Crippen LogP) is 4.07. The van der Waals surface area contributed by atoms with Gasteiger partial charge in [-0.05, 0) is 45.2 Å². The lowest BCUT2D eigenvalue weighted by atomic mass is 10.1. The van der Waals surface area contributed by atoms with Gasteiger partial charge in [-0.15, -0.1) is 0 Å². The van der Waals surface area contributed by atoms with E-state index >= 15 is 0 Å². The number of nitrogens with zero attached hydrogens (tertiary/aromatic N) is 3. The van der Waals surface area contributed by atoms with Crippen molar-refractivity contribution in [2.75, 3.05) is 33.4 Å². The molecule has 0 spiro atoms. The fourth-order valence-electron chi connectivity index (χ4n) is 4.21. The molecule has 1 saturated heterocycles. The molecule has 4 rings (SSSR count). The summed E-state index contributed by atoms with van der Waals surface area (Å²) in [5.41, 5.74) is 1.46. The van der Waals surface area contributed by atoms with E-state index in [4.69, 9.17) is 25.8 Å². The molecule has 1 aliphatic heterocycles. The van der Waals surface area contributed by atoms with Crippen molar-refractivity contribution in [3.63, 3.8) is 0 Å². The van der Waals surface area contributed by atoms with Crippen LogP contribution < -0.4 is 0 Å². The van der Waals surface area contributed by atoms with E-state index < -0.39 is 17.8 Å². The molecule has 1 aromatic heterocycles. The largest absolute Gasteiger partial charge is 0.444 e. The molecule has 186 valence electrons. The topological polar surface area (TPSA) is 73.2 Å². The molecule has 2 heterocycles. The number of aromatic nitrogens is 1. The number of halogens is 1. The summed E-state index contributed by atoms with van der Waals surface area (Å²) in [5, 5.41) is 1.68. The molecule has 1 unspecified atom stereocenters. The first kappa shape index (κ1) is 24.8. The number of hydrogen-bond donors (Lipinski definition) is 0. The first-order valence-corrected chi connectivity index (χ1v) is 12.2. The van der Waals surface area contributed by atoms with Gasteiger partial charge in [-0.25, -0.2) is 4.79 Å². The minimum Gasteiger partial charge on any atom is -0.444 e. The van der Waals surface area contributed by atoms with Gasteiger partial charge in [0.2, 0.25) is 0 Å². The zero-order valence-electron chi connectivity index (χ0n) is 20.4. The average Bonchev–Trinajstić information content (AvgIpc) is 3.59. The number of carbonyl (C=O) groups is 2. The Morgan fingerprint density at radius 2 is 2.03 bits per heavy atom. The summed E-state index contributed by atoms with van der Waals surface area (Å²) in [6.45, 7) is 8.19. The van der Waals surface area contributed by atoms with E-state index in [9.17, 15) is 9.59 Å². The maximum Gasteiger partial charge on any atom is 0.410 e. The standard InChI is InChI=1S/C25H34ClN3O5/c1-25(2,3)34-24(31)28-10-12-33-22(16-28)23(30)29(18-6-7-18)14-17-5-8-19-20(26)15-27(9-11-32-4)21(19)13-17/h5,8,13,15,18,22H,6-7,9-12,14,16H2,1-4H3. The molecule has 1 aromatic carbocycles. The van der Waals surface area contributed by atoms with Gasteiger partial charge in [-0.1, -0.05) is 23.7 Å². The van der Waals surface area contributed by atoms with Crippen LogP contribution >= 0.6 is 11.6 Å². The third-order valence-electron chi connectivity index (χ3n) is 6.05. The van der Waals surface area contributed by atoms with Crippen LogP contribution in [0.4, 0.5) is 4.79 Å². The van der Waals surface area contributed by atoms with Crippen molar-refractivity contribution in [3.8, 4) is 0 Å². The second-order valence-electron chi connectivity index (χ2n) is 10.00. The third kappa shape index (κ3) is 5.85. The van der Waals surface area contributed by atoms with Crippen LogP contribution in [0, 0.1) is 0 Å². The van der Waals surface area contributed by atoms with E-state index in [1.807, 2.05) is 44.0 Å². The van der Waals surface area contributed by atoms with E-state index in [0.29, 0.717) is 37.9 Å². The van der Waals surface area contributed by atoms with Crippen molar-refractivity contribution in [2.45, 2.75) is 64.4 Å². The van der Waals surface area contributed by atoms with Crippen molar-refractivity contribution in [3.05, 3.63) is 35.0 Å². The summed E-state index contributed by atoms with van der Waals surface area (Å²) in [4.78, 5) is 29.5. The number of methoxy groups -OCH3 is 1. The Morgan fingerprint density at radius 3 is 2.71 bits per heavy atom. The lowest BCUT2D eigenvalue weighted by Gasteiger charge is -2.36. The van der Waals surface area contributed by atoms with Crippen molar-refractivity contribution in [1.29, 1.82) is 0 Å². The van der Waals surface area contributed by atoms with Gasteiger partial charge in [-0.2, -0.15) is 0 Å². The highest BCUT2D eigenvalue weighted by atomic mass is 35.5. The summed E-state index contributed by atoms with van der Waals surface area (Å²) in [6.07, 6.45) is 2.77. The minimum atomic E-state index is -0.689. The predicted molar refractivity (Wildman–Crippen MR) is 130 cm³/mol. The maximum atomic E-state index is 13.5. The highest BCUT2D eigenvalue weighted by Crippen LogP contribution is 2.32. The van der Waals surface area contributed by atoms with Crippen molar-refractivity contribution in [2.24, 2.45) is 0 Å². The van der Waals surface area contributed by atoms with Crippen LogP contribution in [0.3, 0.4) is 0 Å². The van der Waals surface area contributed by atoms with Gasteiger partial charge in [0.1, 0.15) is 5.60 Å². The molecule has 1 atom stereocenters. The van der Waals surface area contributed by atoms with E-state index in [1.165, 1.54) is 0 Å². The number of benzene rings is 1. The monoisotopic (exact) mass is 491 g/mol. The quantitative estimate of drug-likeness (QED) is 0.583. The fraction of sp³-hybridized carbons (Fsp3) is 0.600. The van der Waals surface area contributed by atoms with Crippen molar-refractivity contribution in [1.82, 2.24) is 14.4 Å². The number of rotatable bonds is 7. The van der Waals surface area contributed by atoms with Crippen molar-refractivity contribution >= 4 is 34.5 Å². The molecule has 0 bridgehead atoms. The minimum absolute atomic E-state index is 0.0800. The Hall–Kier alpha value is -2.29. The SMILES string of the molecule is COCCn1cc(Cl)c2ccc(CN(C(=O)C3CN(C(=O)OC(C)(C)C)CCO3)C3CC3)cc21. The zero-order chi connectivity index (χ0) is 24.5. The van der Waals surface area contributed by atoms with E-state index in [1.54, 1.807) is 12.0 Å². The fourth-order valence-corrected chi connectivity index (χ4v) is 4.49. The number of amides is 2. The Kier molecular flexibility index (Phi) is 7.40. The maximum absolute atomic E-state index is 13.5. The molecule has 2 amide bonds. The Bertz CT molecular complexity index is 1040. The van der Waals surface area contributed by atoms with Crippen LogP contribution in [0.25, 0.3) is 10.9 Å². The first-order valence-electron chi connectivity index (χ1n) is 11.8. The lowest BCUT2D eigenvalue weighted by Crippen LogP contribution is -2.53. The molecule has 0 N–H and O–H groups in total. The summed E-state index contributed by atoms with van der Waals surface area (Å²) < 4.78 is 18.6. The molecule has 1 aliphatic carbocycles. The summed E-state index contributed by atoms with van der Waals surface area (Å²) in [6, 6.07) is 6.32. The van der Waals surface area contributed by atoms with E-state index in [0.717, 1.165) is 29.3 Å². The summed E-state index contributed by atoms with van der Waals surface area (Å²) in [7, 11) is 1.68. The van der Waals surface area contributed by atoms with Gasteiger partial charge < -0.3 is 28.6 Å². The van der Waals surface area contributed by atoms with Gasteiger partial charge in [-0.3, -0.25) is 4.79 Å². The van der Waals surface area contributed by atoms with Crippen LogP contribution in [0.5, 0.6) is 0 Å². The van der Waals surface area contributed by atoms with Crippen LogP contribution in [0.1, 0.15) is 39.2 Å². The number of morpholine rings is 1. The molecule has 2 aromatic rings. The van der Waals surface area contributed by atoms with Gasteiger partial charge in [0.25, 0.3) is 5.91 Å². The van der Waals surface area contributed by atoms with Gasteiger partial charge in [0.15, 0.2) is 6.10 Å². The molecule has 2 fully saturated rings. The van der Waals surface area contributed by atoms with Gasteiger partial charge in [0, 0.05) is 49.9 Å². The molecule has 2 aliphatic rings. The first-order chi connectivity index (χ1) is 16.2. The third-order valence-corrected chi connectivity index (χ3v) is 6.35. The van der Waals surface area contributed by atoms with Crippen LogP contribution in [0.2, 0.25) is 5.02 Å². The summed E-state index contributed by atoms with van der Waals surface area (Å²) in [5.74, 6) is -0.0800.